The minimum Gasteiger partial charge on any atom is -0.362 e. The summed E-state index contributed by atoms with van der Waals surface area (Å²) in [6.45, 7) is 1.44. The van der Waals surface area contributed by atoms with Crippen LogP contribution in [0.4, 0.5) is 5.69 Å². The smallest absolute Gasteiger partial charge is 0.242 e. The predicted molar refractivity (Wildman–Crippen MR) is 88.6 cm³/mol. The molecule has 0 aliphatic carbocycles. The molecule has 0 spiro atoms. The molecule has 2 aromatic rings. The second-order valence-electron chi connectivity index (χ2n) is 6.64. The van der Waals surface area contributed by atoms with Gasteiger partial charge in [0.2, 0.25) is 5.91 Å². The number of aromatic nitrogens is 2. The summed E-state index contributed by atoms with van der Waals surface area (Å²) < 4.78 is 4.09. The second kappa shape index (κ2) is 5.03. The first-order chi connectivity index (χ1) is 11.3. The Bertz CT molecular complexity index is 773. The molecule has 6 heteroatoms. The Balaban J connectivity index is 1.39. The molecule has 1 saturated heterocycles. The van der Waals surface area contributed by atoms with Crippen molar-refractivity contribution in [1.29, 1.82) is 0 Å². The highest BCUT2D eigenvalue weighted by molar-refractivity contribution is 7.05. The van der Waals surface area contributed by atoms with Crippen molar-refractivity contribution in [2.24, 2.45) is 0 Å². The highest BCUT2D eigenvalue weighted by Gasteiger charge is 2.44. The summed E-state index contributed by atoms with van der Waals surface area (Å²) in [5.41, 5.74) is 3.71. The van der Waals surface area contributed by atoms with E-state index in [9.17, 15) is 4.79 Å². The largest absolute Gasteiger partial charge is 0.362 e. The maximum atomic E-state index is 13.0. The second-order valence-corrected chi connectivity index (χ2v) is 7.42. The van der Waals surface area contributed by atoms with Gasteiger partial charge >= 0.3 is 0 Å². The van der Waals surface area contributed by atoms with E-state index in [0.717, 1.165) is 37.9 Å². The number of para-hydroxylation sites is 1. The van der Waals surface area contributed by atoms with Gasteiger partial charge in [0.15, 0.2) is 0 Å². The molecule has 0 N–H and O–H groups in total. The molecule has 0 saturated carbocycles. The van der Waals surface area contributed by atoms with Crippen LogP contribution in [0.15, 0.2) is 24.3 Å². The number of nitrogens with zero attached hydrogens (tertiary/aromatic N) is 4. The third-order valence-corrected chi connectivity index (χ3v) is 6.28. The van der Waals surface area contributed by atoms with Crippen molar-refractivity contribution in [2.75, 3.05) is 18.0 Å². The number of hydrogen-bond donors (Lipinski definition) is 0. The summed E-state index contributed by atoms with van der Waals surface area (Å²) in [5, 5.41) is 4.24. The van der Waals surface area contributed by atoms with Gasteiger partial charge in [-0.2, -0.15) is 0 Å². The van der Waals surface area contributed by atoms with Crippen LogP contribution < -0.4 is 4.90 Å². The minimum absolute atomic E-state index is 0.217. The van der Waals surface area contributed by atoms with Crippen LogP contribution in [0.1, 0.15) is 35.0 Å². The number of carbonyl (C=O) groups is 1. The quantitative estimate of drug-likeness (QED) is 0.849. The maximum Gasteiger partial charge on any atom is 0.242 e. The average Bonchev–Trinajstić information content (AvgIpc) is 3.26. The van der Waals surface area contributed by atoms with Gasteiger partial charge in [-0.1, -0.05) is 22.7 Å². The summed E-state index contributed by atoms with van der Waals surface area (Å²) in [6.07, 6.45) is 4.07. The fourth-order valence-corrected chi connectivity index (χ4v) is 5.18. The zero-order valence-corrected chi connectivity index (χ0v) is 13.6. The number of hydrogen-bond acceptors (Lipinski definition) is 5. The lowest BCUT2D eigenvalue weighted by atomic mass is 10.1. The van der Waals surface area contributed by atoms with E-state index in [1.165, 1.54) is 27.7 Å². The van der Waals surface area contributed by atoms with E-state index in [2.05, 4.69) is 43.7 Å². The first-order valence-corrected chi connectivity index (χ1v) is 9.04. The lowest BCUT2D eigenvalue weighted by Gasteiger charge is -2.35. The first kappa shape index (κ1) is 13.5. The zero-order valence-electron chi connectivity index (χ0n) is 12.8. The summed E-state index contributed by atoms with van der Waals surface area (Å²) in [7, 11) is 0. The fourth-order valence-electron chi connectivity index (χ4n) is 4.37. The minimum atomic E-state index is 0.217. The van der Waals surface area contributed by atoms with Gasteiger partial charge in [0, 0.05) is 24.7 Å². The van der Waals surface area contributed by atoms with Gasteiger partial charge in [0.25, 0.3) is 0 Å². The molecule has 118 valence electrons. The van der Waals surface area contributed by atoms with E-state index in [0.29, 0.717) is 12.6 Å². The molecular weight excluding hydrogens is 308 g/mol. The summed E-state index contributed by atoms with van der Waals surface area (Å²) in [5.74, 6) is 0.258. The van der Waals surface area contributed by atoms with Crippen LogP contribution in [-0.2, 0) is 17.6 Å². The van der Waals surface area contributed by atoms with Crippen LogP contribution in [0.5, 0.6) is 0 Å². The van der Waals surface area contributed by atoms with Gasteiger partial charge in [0.05, 0.1) is 23.2 Å². The Morgan fingerprint density at radius 1 is 1.30 bits per heavy atom. The monoisotopic (exact) mass is 326 g/mol. The van der Waals surface area contributed by atoms with Crippen molar-refractivity contribution in [3.05, 3.63) is 40.4 Å². The Labute approximate surface area is 139 Å². The standard InChI is InChI=1S/C17H18N4OS/c22-16(10-20-8-7-11-3-1-2-4-14(11)20)21-12-5-6-15(21)17-13(9-12)18-19-23-17/h1-4,12,15H,5-10H2. The van der Waals surface area contributed by atoms with Crippen molar-refractivity contribution >= 4 is 23.1 Å². The lowest BCUT2D eigenvalue weighted by Crippen LogP contribution is -2.46. The van der Waals surface area contributed by atoms with E-state index in [-0.39, 0.29) is 11.9 Å². The van der Waals surface area contributed by atoms with Crippen molar-refractivity contribution in [3.8, 4) is 0 Å². The molecule has 0 radical (unpaired) electrons. The number of rotatable bonds is 2. The number of carbonyl (C=O) groups excluding carboxylic acids is 1. The first-order valence-electron chi connectivity index (χ1n) is 8.26. The van der Waals surface area contributed by atoms with E-state index in [4.69, 9.17) is 0 Å². The number of fused-ring (bicyclic) bond motifs is 5. The molecule has 3 aliphatic rings. The van der Waals surface area contributed by atoms with Gasteiger partial charge in [-0.3, -0.25) is 4.79 Å². The Morgan fingerprint density at radius 3 is 3.17 bits per heavy atom. The lowest BCUT2D eigenvalue weighted by molar-refractivity contribution is -0.133. The number of anilines is 1. The average molecular weight is 326 g/mol. The van der Waals surface area contributed by atoms with Crippen molar-refractivity contribution in [2.45, 2.75) is 37.8 Å². The van der Waals surface area contributed by atoms with E-state index >= 15 is 0 Å². The van der Waals surface area contributed by atoms with Gasteiger partial charge in [-0.25, -0.2) is 0 Å². The fraction of sp³-hybridized carbons (Fsp3) is 0.471. The summed E-state index contributed by atoms with van der Waals surface area (Å²) in [6, 6.07) is 8.97. The van der Waals surface area contributed by atoms with Crippen molar-refractivity contribution in [1.82, 2.24) is 14.5 Å². The maximum absolute atomic E-state index is 13.0. The normalized spacial score (nSPS) is 24.7. The molecule has 2 bridgehead atoms. The Kier molecular flexibility index (Phi) is 2.95. The molecule has 1 fully saturated rings. The molecule has 3 aliphatic heterocycles. The van der Waals surface area contributed by atoms with Crippen LogP contribution in [0.25, 0.3) is 0 Å². The number of amides is 1. The van der Waals surface area contributed by atoms with Crippen LogP contribution >= 0.6 is 11.5 Å². The summed E-state index contributed by atoms with van der Waals surface area (Å²) >= 11 is 1.47. The molecule has 2 unspecified atom stereocenters. The van der Waals surface area contributed by atoms with Gasteiger partial charge in [-0.15, -0.1) is 5.10 Å². The van der Waals surface area contributed by atoms with Crippen LogP contribution in [0.3, 0.4) is 0 Å². The molecule has 1 aromatic carbocycles. The third kappa shape index (κ3) is 2.01. The van der Waals surface area contributed by atoms with Crippen molar-refractivity contribution < 1.29 is 4.79 Å². The third-order valence-electron chi connectivity index (χ3n) is 5.42. The molecule has 1 amide bonds. The van der Waals surface area contributed by atoms with Crippen molar-refractivity contribution in [3.63, 3.8) is 0 Å². The van der Waals surface area contributed by atoms with Gasteiger partial charge in [-0.05, 0) is 42.4 Å². The van der Waals surface area contributed by atoms with E-state index < -0.39 is 0 Å². The molecule has 5 nitrogen and oxygen atoms in total. The number of benzene rings is 1. The van der Waals surface area contributed by atoms with Crippen LogP contribution in [0.2, 0.25) is 0 Å². The highest BCUT2D eigenvalue weighted by atomic mass is 32.1. The zero-order chi connectivity index (χ0) is 15.4. The highest BCUT2D eigenvalue weighted by Crippen LogP contribution is 2.44. The molecule has 5 rings (SSSR count). The molecular formula is C17H18N4OS. The summed E-state index contributed by atoms with van der Waals surface area (Å²) in [4.78, 5) is 18.6. The molecule has 1 aromatic heterocycles. The van der Waals surface area contributed by atoms with E-state index in [1.807, 2.05) is 0 Å². The Hall–Kier alpha value is -1.95. The van der Waals surface area contributed by atoms with Crippen LogP contribution in [0, 0.1) is 0 Å². The molecule has 4 heterocycles. The SMILES string of the molecule is O=C(CN1CCc2ccccc21)N1C2CCC1c1snnc1C2. The Morgan fingerprint density at radius 2 is 2.22 bits per heavy atom. The van der Waals surface area contributed by atoms with Gasteiger partial charge < -0.3 is 9.80 Å². The van der Waals surface area contributed by atoms with E-state index in [1.54, 1.807) is 0 Å². The predicted octanol–water partition coefficient (Wildman–Crippen LogP) is 2.19. The van der Waals surface area contributed by atoms with Crippen LogP contribution in [-0.4, -0.2) is 39.5 Å². The topological polar surface area (TPSA) is 49.3 Å². The molecule has 23 heavy (non-hydrogen) atoms. The molecule has 2 atom stereocenters. The van der Waals surface area contributed by atoms with Gasteiger partial charge in [0.1, 0.15) is 0 Å².